The van der Waals surface area contributed by atoms with E-state index >= 15 is 0 Å². The van der Waals surface area contributed by atoms with Gasteiger partial charge in [0.15, 0.2) is 11.6 Å². The van der Waals surface area contributed by atoms with Crippen molar-refractivity contribution in [3.63, 3.8) is 0 Å². The van der Waals surface area contributed by atoms with E-state index in [-0.39, 0.29) is 24.0 Å². The number of fused-ring (bicyclic) bond motifs is 1. The molecule has 5 nitrogen and oxygen atoms in total. The molecule has 0 unspecified atom stereocenters. The SMILES string of the molecule is COc1ccc2nccc([C@H](O)CC[C@@H]3CCN(CC#Cc4cccc(F)c4F)C[C@@H]3CO)c2c1. The summed E-state index contributed by atoms with van der Waals surface area (Å²) in [6, 6.07) is 11.4. The van der Waals surface area contributed by atoms with E-state index in [4.69, 9.17) is 4.74 Å². The molecule has 0 spiro atoms. The fourth-order valence-corrected chi connectivity index (χ4v) is 4.83. The summed E-state index contributed by atoms with van der Waals surface area (Å²) in [5.74, 6) is 4.87. The van der Waals surface area contributed by atoms with Gasteiger partial charge in [-0.1, -0.05) is 17.9 Å². The van der Waals surface area contributed by atoms with Crippen molar-refractivity contribution >= 4 is 10.9 Å². The Hall–Kier alpha value is -3.05. The van der Waals surface area contributed by atoms with Crippen LogP contribution in [0.2, 0.25) is 0 Å². The number of aliphatic hydroxyl groups is 2. The van der Waals surface area contributed by atoms with E-state index in [9.17, 15) is 19.0 Å². The second kappa shape index (κ2) is 11.6. The maximum atomic E-state index is 13.8. The Morgan fingerprint density at radius 3 is 2.86 bits per heavy atom. The van der Waals surface area contributed by atoms with Crippen molar-refractivity contribution in [3.05, 3.63) is 71.4 Å². The standard InChI is InChI=1S/C28H30F2N2O3/c1-35-22-8-9-26-24(16-22)23(11-13-31-26)27(34)10-7-19-12-15-32(17-21(19)18-33)14-3-5-20-4-2-6-25(29)28(20)30/h2,4,6,8-9,11,13,16,19,21,27,33-34H,7,10,12,14-15,17-18H2,1H3/t19-,21-,27-/m1/s1. The molecule has 1 aromatic heterocycles. The van der Waals surface area contributed by atoms with Gasteiger partial charge in [0, 0.05) is 24.7 Å². The highest BCUT2D eigenvalue weighted by Crippen LogP contribution is 2.33. The molecular weight excluding hydrogens is 450 g/mol. The number of aromatic nitrogens is 1. The lowest BCUT2D eigenvalue weighted by molar-refractivity contribution is 0.0640. The quantitative estimate of drug-likeness (QED) is 0.493. The lowest BCUT2D eigenvalue weighted by Crippen LogP contribution is -2.42. The number of halogens is 2. The molecule has 2 heterocycles. The molecular formula is C28H30F2N2O3. The molecule has 184 valence electrons. The first kappa shape index (κ1) is 25.1. The van der Waals surface area contributed by atoms with Crippen molar-refractivity contribution in [2.24, 2.45) is 11.8 Å². The number of likely N-dealkylation sites (tertiary alicyclic amines) is 1. The Morgan fingerprint density at radius 2 is 2.06 bits per heavy atom. The fourth-order valence-electron chi connectivity index (χ4n) is 4.83. The molecule has 4 rings (SSSR count). The lowest BCUT2D eigenvalue weighted by Gasteiger charge is -2.37. The number of ether oxygens (including phenoxy) is 1. The van der Waals surface area contributed by atoms with E-state index in [1.54, 1.807) is 13.3 Å². The van der Waals surface area contributed by atoms with E-state index < -0.39 is 17.7 Å². The molecule has 35 heavy (non-hydrogen) atoms. The van der Waals surface area contributed by atoms with Crippen LogP contribution in [-0.2, 0) is 0 Å². The third-order valence-electron chi connectivity index (χ3n) is 6.84. The summed E-state index contributed by atoms with van der Waals surface area (Å²) < 4.78 is 32.4. The second-order valence-corrected chi connectivity index (χ2v) is 9.01. The van der Waals surface area contributed by atoms with Crippen LogP contribution in [-0.4, -0.2) is 53.4 Å². The first-order valence-corrected chi connectivity index (χ1v) is 11.9. The zero-order valence-electron chi connectivity index (χ0n) is 19.8. The molecule has 0 radical (unpaired) electrons. The van der Waals surface area contributed by atoms with Crippen LogP contribution in [0.1, 0.15) is 36.5 Å². The topological polar surface area (TPSA) is 65.8 Å². The van der Waals surface area contributed by atoms with Crippen molar-refractivity contribution in [1.29, 1.82) is 0 Å². The summed E-state index contributed by atoms with van der Waals surface area (Å²) in [7, 11) is 1.61. The predicted molar refractivity (Wildman–Crippen MR) is 131 cm³/mol. The van der Waals surface area contributed by atoms with Gasteiger partial charge in [0.1, 0.15) is 5.75 Å². The Balaban J connectivity index is 1.35. The summed E-state index contributed by atoms with van der Waals surface area (Å²) in [4.78, 5) is 6.51. The molecule has 1 saturated heterocycles. The van der Waals surface area contributed by atoms with E-state index in [1.807, 2.05) is 24.3 Å². The minimum atomic E-state index is -0.925. The number of hydrogen-bond acceptors (Lipinski definition) is 5. The fraction of sp³-hybridized carbons (Fsp3) is 0.393. The zero-order chi connectivity index (χ0) is 24.8. The molecule has 1 aliphatic heterocycles. The number of rotatable bonds is 7. The van der Waals surface area contributed by atoms with Crippen LogP contribution in [0, 0.1) is 35.3 Å². The summed E-state index contributed by atoms with van der Waals surface area (Å²) in [5.41, 5.74) is 1.68. The molecule has 0 amide bonds. The summed E-state index contributed by atoms with van der Waals surface area (Å²) in [5, 5.41) is 21.8. The summed E-state index contributed by atoms with van der Waals surface area (Å²) in [6.07, 6.45) is 3.31. The highest BCUT2D eigenvalue weighted by Gasteiger charge is 2.29. The lowest BCUT2D eigenvalue weighted by atomic mass is 9.81. The van der Waals surface area contributed by atoms with Crippen LogP contribution in [0.25, 0.3) is 10.9 Å². The van der Waals surface area contributed by atoms with Gasteiger partial charge in [-0.05, 0) is 79.6 Å². The Bertz CT molecular complexity index is 1220. The molecule has 7 heteroatoms. The minimum absolute atomic E-state index is 0.0498. The molecule has 1 fully saturated rings. The van der Waals surface area contributed by atoms with E-state index in [0.717, 1.165) is 47.7 Å². The molecule has 3 atom stereocenters. The van der Waals surface area contributed by atoms with Crippen molar-refractivity contribution in [2.75, 3.05) is 33.4 Å². The normalized spacial score (nSPS) is 19.2. The van der Waals surface area contributed by atoms with Crippen LogP contribution in [0.5, 0.6) is 5.75 Å². The van der Waals surface area contributed by atoms with Gasteiger partial charge in [-0.3, -0.25) is 9.88 Å². The highest BCUT2D eigenvalue weighted by molar-refractivity contribution is 5.83. The number of hydrogen-bond donors (Lipinski definition) is 2. The number of benzene rings is 2. The molecule has 1 aliphatic rings. The molecule has 2 aromatic carbocycles. The van der Waals surface area contributed by atoms with Crippen molar-refractivity contribution < 1.29 is 23.7 Å². The number of nitrogens with zero attached hydrogens (tertiary/aromatic N) is 2. The maximum absolute atomic E-state index is 13.8. The predicted octanol–water partition coefficient (Wildman–Crippen LogP) is 4.32. The highest BCUT2D eigenvalue weighted by atomic mass is 19.2. The Morgan fingerprint density at radius 1 is 1.20 bits per heavy atom. The Labute approximate surface area is 204 Å². The smallest absolute Gasteiger partial charge is 0.174 e. The van der Waals surface area contributed by atoms with Crippen molar-refractivity contribution in [3.8, 4) is 17.6 Å². The van der Waals surface area contributed by atoms with Gasteiger partial charge in [-0.15, -0.1) is 0 Å². The summed E-state index contributed by atoms with van der Waals surface area (Å²) >= 11 is 0. The van der Waals surface area contributed by atoms with E-state index in [1.165, 1.54) is 12.1 Å². The second-order valence-electron chi connectivity index (χ2n) is 9.01. The number of piperidine rings is 1. The van der Waals surface area contributed by atoms with Gasteiger partial charge in [0.2, 0.25) is 0 Å². The van der Waals surface area contributed by atoms with Gasteiger partial charge in [-0.25, -0.2) is 8.78 Å². The van der Waals surface area contributed by atoms with Crippen molar-refractivity contribution in [1.82, 2.24) is 9.88 Å². The van der Waals surface area contributed by atoms with Gasteiger partial charge in [0.25, 0.3) is 0 Å². The third kappa shape index (κ3) is 5.96. The molecule has 2 N–H and O–H groups in total. The average molecular weight is 481 g/mol. The molecule has 0 saturated carbocycles. The largest absolute Gasteiger partial charge is 0.497 e. The minimum Gasteiger partial charge on any atom is -0.497 e. The average Bonchev–Trinajstić information content (AvgIpc) is 2.89. The number of aliphatic hydroxyl groups excluding tert-OH is 2. The van der Waals surface area contributed by atoms with Crippen LogP contribution >= 0.6 is 0 Å². The first-order chi connectivity index (χ1) is 17.0. The Kier molecular flexibility index (Phi) is 8.29. The molecule has 0 bridgehead atoms. The molecule has 3 aromatic rings. The monoisotopic (exact) mass is 480 g/mol. The third-order valence-corrected chi connectivity index (χ3v) is 6.84. The maximum Gasteiger partial charge on any atom is 0.174 e. The van der Waals surface area contributed by atoms with Crippen LogP contribution in [0.3, 0.4) is 0 Å². The summed E-state index contributed by atoms with van der Waals surface area (Å²) in [6.45, 7) is 1.95. The van der Waals surface area contributed by atoms with Gasteiger partial charge >= 0.3 is 0 Å². The van der Waals surface area contributed by atoms with Crippen molar-refractivity contribution in [2.45, 2.75) is 25.4 Å². The first-order valence-electron chi connectivity index (χ1n) is 11.9. The molecule has 0 aliphatic carbocycles. The number of methoxy groups -OCH3 is 1. The van der Waals surface area contributed by atoms with Gasteiger partial charge in [0.05, 0.1) is 30.8 Å². The van der Waals surface area contributed by atoms with E-state index in [0.29, 0.717) is 19.5 Å². The van der Waals surface area contributed by atoms with Gasteiger partial charge in [-0.2, -0.15) is 0 Å². The number of pyridine rings is 1. The van der Waals surface area contributed by atoms with E-state index in [2.05, 4.69) is 21.7 Å². The van der Waals surface area contributed by atoms with Crippen LogP contribution in [0.15, 0.2) is 48.7 Å². The zero-order valence-corrected chi connectivity index (χ0v) is 19.8. The van der Waals surface area contributed by atoms with Crippen LogP contribution in [0.4, 0.5) is 8.78 Å². The van der Waals surface area contributed by atoms with Gasteiger partial charge < -0.3 is 14.9 Å². The van der Waals surface area contributed by atoms with Crippen LogP contribution < -0.4 is 4.74 Å².